The number of thiol groups is 1. The molecule has 13 heavy (non-hydrogen) atoms. The van der Waals surface area contributed by atoms with E-state index in [0.717, 1.165) is 6.54 Å². The summed E-state index contributed by atoms with van der Waals surface area (Å²) in [7, 11) is 1.88. The van der Waals surface area contributed by atoms with E-state index in [9.17, 15) is 0 Å². The van der Waals surface area contributed by atoms with Crippen LogP contribution in [-0.2, 0) is 9.47 Å². The number of hydrogen-bond donors (Lipinski definition) is 1. The quantitative estimate of drug-likeness (QED) is 0.419. The fraction of sp³-hybridized carbons (Fsp3) is 0.875. The third-order valence-electron chi connectivity index (χ3n) is 1.51. The molecule has 5 heteroatoms. The Balaban J connectivity index is 3.39. The summed E-state index contributed by atoms with van der Waals surface area (Å²) in [6.45, 7) is 5.82. The average molecular weight is 223 g/mol. The molecule has 0 N–H and O–H groups in total. The second-order valence-corrected chi connectivity index (χ2v) is 3.71. The first-order valence-electron chi connectivity index (χ1n) is 4.25. The Hall–Kier alpha value is 0.160. The van der Waals surface area contributed by atoms with Gasteiger partial charge in [-0.2, -0.15) is 0 Å². The maximum atomic E-state index is 5.35. The zero-order chi connectivity index (χ0) is 10.3. The lowest BCUT2D eigenvalue weighted by atomic mass is 10.6. The van der Waals surface area contributed by atoms with Crippen molar-refractivity contribution in [1.82, 2.24) is 4.90 Å². The fourth-order valence-electron chi connectivity index (χ4n) is 0.734. The Labute approximate surface area is 90.8 Å². The van der Waals surface area contributed by atoms with Crippen molar-refractivity contribution in [2.45, 2.75) is 20.1 Å². The molecule has 0 aliphatic heterocycles. The van der Waals surface area contributed by atoms with Gasteiger partial charge in [-0.05, 0) is 13.8 Å². The number of likely N-dealkylation sites (N-methyl/N-ethyl adjacent to an activating group) is 1. The number of thiocarbonyl (C=S) groups is 1. The maximum absolute atomic E-state index is 5.35. The van der Waals surface area contributed by atoms with Gasteiger partial charge in [-0.15, -0.1) is 12.6 Å². The average Bonchev–Trinajstić information content (AvgIpc) is 2.04. The van der Waals surface area contributed by atoms with Crippen molar-refractivity contribution in [2.24, 2.45) is 0 Å². The summed E-state index contributed by atoms with van der Waals surface area (Å²) in [6.07, 6.45) is -0.146. The van der Waals surface area contributed by atoms with E-state index >= 15 is 0 Å². The smallest absolute Gasteiger partial charge is 0.154 e. The molecule has 0 bridgehead atoms. The topological polar surface area (TPSA) is 21.7 Å². The monoisotopic (exact) mass is 223 g/mol. The minimum Gasteiger partial charge on any atom is -0.358 e. The molecule has 0 heterocycles. The highest BCUT2D eigenvalue weighted by molar-refractivity contribution is 8.10. The lowest BCUT2D eigenvalue weighted by Gasteiger charge is -2.18. The Morgan fingerprint density at radius 1 is 1.54 bits per heavy atom. The van der Waals surface area contributed by atoms with Gasteiger partial charge < -0.3 is 14.4 Å². The first-order valence-corrected chi connectivity index (χ1v) is 5.10. The van der Waals surface area contributed by atoms with Crippen LogP contribution in [0, 0.1) is 0 Å². The van der Waals surface area contributed by atoms with E-state index in [1.165, 1.54) is 0 Å². The molecule has 0 aromatic carbocycles. The Kier molecular flexibility index (Phi) is 7.65. The summed E-state index contributed by atoms with van der Waals surface area (Å²) in [5.41, 5.74) is 0. The van der Waals surface area contributed by atoms with E-state index in [0.29, 0.717) is 17.5 Å². The number of rotatable bonds is 6. The lowest BCUT2D eigenvalue weighted by molar-refractivity contribution is -0.127. The summed E-state index contributed by atoms with van der Waals surface area (Å²) in [5, 5.41) is 0. The van der Waals surface area contributed by atoms with Crippen LogP contribution < -0.4 is 0 Å². The van der Waals surface area contributed by atoms with Gasteiger partial charge in [-0.3, -0.25) is 0 Å². The van der Waals surface area contributed by atoms with E-state index in [4.69, 9.17) is 21.7 Å². The minimum atomic E-state index is -0.146. The molecule has 0 aromatic heterocycles. The molecule has 1 unspecified atom stereocenters. The first kappa shape index (κ1) is 13.2. The van der Waals surface area contributed by atoms with Gasteiger partial charge in [0.15, 0.2) is 6.29 Å². The molecule has 0 spiro atoms. The van der Waals surface area contributed by atoms with Gasteiger partial charge in [0, 0.05) is 20.2 Å². The molecule has 0 amide bonds. The zero-order valence-electron chi connectivity index (χ0n) is 8.32. The van der Waals surface area contributed by atoms with Gasteiger partial charge in [-0.1, -0.05) is 12.2 Å². The van der Waals surface area contributed by atoms with Crippen molar-refractivity contribution in [3.63, 3.8) is 0 Å². The summed E-state index contributed by atoms with van der Waals surface area (Å²) < 4.78 is 11.1. The van der Waals surface area contributed by atoms with E-state index in [1.807, 2.05) is 25.8 Å². The molecule has 78 valence electrons. The second-order valence-electron chi connectivity index (χ2n) is 2.60. The van der Waals surface area contributed by atoms with Crippen LogP contribution in [0.5, 0.6) is 0 Å². The van der Waals surface area contributed by atoms with E-state index < -0.39 is 0 Å². The van der Waals surface area contributed by atoms with Crippen LogP contribution in [0.3, 0.4) is 0 Å². The zero-order valence-corrected chi connectivity index (χ0v) is 10.0. The highest BCUT2D eigenvalue weighted by atomic mass is 32.1. The van der Waals surface area contributed by atoms with Crippen LogP contribution >= 0.6 is 24.8 Å². The normalized spacial score (nSPS) is 12.6. The molecular formula is C8H17NO2S2. The first-order chi connectivity index (χ1) is 6.07. The van der Waals surface area contributed by atoms with E-state index in [2.05, 4.69) is 12.6 Å². The molecule has 1 atom stereocenters. The summed E-state index contributed by atoms with van der Waals surface area (Å²) in [5.74, 6) is 0. The Bertz CT molecular complexity index is 155. The van der Waals surface area contributed by atoms with Crippen molar-refractivity contribution < 1.29 is 9.47 Å². The molecule has 0 radical (unpaired) electrons. The lowest BCUT2D eigenvalue weighted by Crippen LogP contribution is -2.27. The van der Waals surface area contributed by atoms with E-state index in [-0.39, 0.29) is 6.29 Å². The summed E-state index contributed by atoms with van der Waals surface area (Å²) in [4.78, 5) is 1.84. The SMILES string of the molecule is CCOC(C)OCCN(C)C(=S)S. The Morgan fingerprint density at radius 3 is 2.62 bits per heavy atom. The van der Waals surface area contributed by atoms with Crippen LogP contribution in [-0.4, -0.2) is 42.3 Å². The molecule has 3 nitrogen and oxygen atoms in total. The van der Waals surface area contributed by atoms with Crippen molar-refractivity contribution >= 4 is 29.2 Å². The van der Waals surface area contributed by atoms with Gasteiger partial charge >= 0.3 is 0 Å². The maximum Gasteiger partial charge on any atom is 0.154 e. The molecule has 0 aliphatic carbocycles. The van der Waals surface area contributed by atoms with Gasteiger partial charge in [0.2, 0.25) is 0 Å². The summed E-state index contributed by atoms with van der Waals surface area (Å²) in [6, 6.07) is 0. The number of nitrogens with zero attached hydrogens (tertiary/aromatic N) is 1. The van der Waals surface area contributed by atoms with Crippen LogP contribution in [0.15, 0.2) is 0 Å². The minimum absolute atomic E-state index is 0.146. The van der Waals surface area contributed by atoms with Crippen LogP contribution in [0.1, 0.15) is 13.8 Å². The third-order valence-corrected chi connectivity index (χ3v) is 2.16. The van der Waals surface area contributed by atoms with Crippen LogP contribution in [0.25, 0.3) is 0 Å². The molecule has 0 aromatic rings. The van der Waals surface area contributed by atoms with E-state index in [1.54, 1.807) is 0 Å². The molecule has 0 fully saturated rings. The molecule has 0 saturated heterocycles. The van der Waals surface area contributed by atoms with Crippen molar-refractivity contribution in [2.75, 3.05) is 26.8 Å². The molecule has 0 rings (SSSR count). The molecular weight excluding hydrogens is 206 g/mol. The highest BCUT2D eigenvalue weighted by Gasteiger charge is 2.02. The van der Waals surface area contributed by atoms with Gasteiger partial charge in [-0.25, -0.2) is 0 Å². The van der Waals surface area contributed by atoms with Crippen molar-refractivity contribution in [1.29, 1.82) is 0 Å². The van der Waals surface area contributed by atoms with Crippen LogP contribution in [0.2, 0.25) is 0 Å². The number of ether oxygens (including phenoxy) is 2. The highest BCUT2D eigenvalue weighted by Crippen LogP contribution is 1.96. The predicted octanol–water partition coefficient (Wildman–Crippen LogP) is 1.53. The standard InChI is InChI=1S/C8H17NO2S2/c1-4-10-7(2)11-6-5-9(3)8(12)13/h7H,4-6H2,1-3H3,(H,12,13). The largest absolute Gasteiger partial charge is 0.358 e. The predicted molar refractivity (Wildman–Crippen MR) is 61.3 cm³/mol. The Morgan fingerprint density at radius 2 is 2.15 bits per heavy atom. The van der Waals surface area contributed by atoms with Gasteiger partial charge in [0.05, 0.1) is 6.61 Å². The van der Waals surface area contributed by atoms with Crippen molar-refractivity contribution in [3.05, 3.63) is 0 Å². The van der Waals surface area contributed by atoms with Gasteiger partial charge in [0.1, 0.15) is 4.32 Å². The number of hydrogen-bond acceptors (Lipinski definition) is 3. The van der Waals surface area contributed by atoms with Crippen LogP contribution in [0.4, 0.5) is 0 Å². The van der Waals surface area contributed by atoms with Gasteiger partial charge in [0.25, 0.3) is 0 Å². The molecule has 0 aliphatic rings. The fourth-order valence-corrected chi connectivity index (χ4v) is 0.925. The third kappa shape index (κ3) is 7.25. The molecule has 0 saturated carbocycles. The van der Waals surface area contributed by atoms with Crippen molar-refractivity contribution in [3.8, 4) is 0 Å². The summed E-state index contributed by atoms with van der Waals surface area (Å²) >= 11 is 8.88. The second kappa shape index (κ2) is 7.55.